The number of aromatic nitrogens is 3. The van der Waals surface area contributed by atoms with Gasteiger partial charge in [0.15, 0.2) is 0 Å². The highest BCUT2D eigenvalue weighted by Crippen LogP contribution is 2.12. The van der Waals surface area contributed by atoms with Crippen LogP contribution in [0.25, 0.3) is 0 Å². The molecule has 1 N–H and O–H groups in total. The van der Waals surface area contributed by atoms with Crippen LogP contribution >= 0.6 is 11.3 Å². The van der Waals surface area contributed by atoms with Crippen molar-refractivity contribution in [1.29, 1.82) is 0 Å². The summed E-state index contributed by atoms with van der Waals surface area (Å²) in [7, 11) is 0. The smallest absolute Gasteiger partial charge is 0.0897 e. The van der Waals surface area contributed by atoms with Crippen LogP contribution in [0.5, 0.6) is 0 Å². The van der Waals surface area contributed by atoms with Gasteiger partial charge in [-0.15, -0.1) is 11.3 Å². The highest BCUT2D eigenvalue weighted by atomic mass is 32.1. The zero-order valence-electron chi connectivity index (χ0n) is 11.3. The maximum Gasteiger partial charge on any atom is 0.0897 e. The van der Waals surface area contributed by atoms with E-state index in [9.17, 15) is 0 Å². The second-order valence-electron chi connectivity index (χ2n) is 4.77. The molecule has 2 atom stereocenters. The molecular formula is C13H20N4S. The summed E-state index contributed by atoms with van der Waals surface area (Å²) in [6.07, 6.45) is 3.98. The van der Waals surface area contributed by atoms with Gasteiger partial charge in [0.25, 0.3) is 0 Å². The summed E-state index contributed by atoms with van der Waals surface area (Å²) in [5.41, 5.74) is 2.32. The molecule has 5 heteroatoms. The lowest BCUT2D eigenvalue weighted by Crippen LogP contribution is -2.33. The molecule has 0 aliphatic carbocycles. The number of aryl methyl sites for hydroxylation is 2. The van der Waals surface area contributed by atoms with Crippen molar-refractivity contribution in [3.05, 3.63) is 34.0 Å². The fraction of sp³-hybridized carbons (Fsp3) is 0.538. The minimum absolute atomic E-state index is 0.332. The second kappa shape index (κ2) is 5.63. The van der Waals surface area contributed by atoms with E-state index in [1.165, 1.54) is 5.56 Å². The molecule has 2 rings (SSSR count). The van der Waals surface area contributed by atoms with Gasteiger partial charge in [-0.05, 0) is 33.3 Å². The van der Waals surface area contributed by atoms with Gasteiger partial charge in [0.05, 0.1) is 22.9 Å². The zero-order valence-corrected chi connectivity index (χ0v) is 12.2. The fourth-order valence-corrected chi connectivity index (χ4v) is 2.42. The van der Waals surface area contributed by atoms with Gasteiger partial charge in [0.2, 0.25) is 0 Å². The Hall–Kier alpha value is -1.20. The highest BCUT2D eigenvalue weighted by molar-refractivity contribution is 7.09. The first kappa shape index (κ1) is 13.2. The molecule has 0 fully saturated rings. The molecule has 0 radical (unpaired) electrons. The third-order valence-corrected chi connectivity index (χ3v) is 3.97. The number of hydrogen-bond acceptors (Lipinski definition) is 4. The lowest BCUT2D eigenvalue weighted by molar-refractivity contribution is 0.364. The Kier molecular flexibility index (Phi) is 4.14. The Morgan fingerprint density at radius 2 is 2.17 bits per heavy atom. The summed E-state index contributed by atoms with van der Waals surface area (Å²) >= 11 is 1.70. The lowest BCUT2D eigenvalue weighted by Gasteiger charge is -2.21. The average Bonchev–Trinajstić information content (AvgIpc) is 2.94. The summed E-state index contributed by atoms with van der Waals surface area (Å²) in [6.45, 7) is 9.27. The normalized spacial score (nSPS) is 14.7. The molecule has 0 unspecified atom stereocenters. The van der Waals surface area contributed by atoms with E-state index in [0.29, 0.717) is 12.1 Å². The summed E-state index contributed by atoms with van der Waals surface area (Å²) < 4.78 is 2.01. The SMILES string of the molecule is Cc1cnn([C@@H](C)[C@@H](C)NCc2csc(C)n2)c1. The topological polar surface area (TPSA) is 42.7 Å². The minimum atomic E-state index is 0.332. The minimum Gasteiger partial charge on any atom is -0.306 e. The predicted molar refractivity (Wildman–Crippen MR) is 74.8 cm³/mol. The number of thiazole rings is 1. The molecule has 18 heavy (non-hydrogen) atoms. The molecule has 0 bridgehead atoms. The van der Waals surface area contributed by atoms with Crippen molar-refractivity contribution in [3.8, 4) is 0 Å². The van der Waals surface area contributed by atoms with Gasteiger partial charge in [-0.2, -0.15) is 5.10 Å². The van der Waals surface area contributed by atoms with Crippen molar-refractivity contribution < 1.29 is 0 Å². The van der Waals surface area contributed by atoms with Crippen LogP contribution < -0.4 is 5.32 Å². The van der Waals surface area contributed by atoms with Crippen molar-refractivity contribution in [2.45, 2.75) is 46.3 Å². The van der Waals surface area contributed by atoms with Crippen molar-refractivity contribution in [3.63, 3.8) is 0 Å². The van der Waals surface area contributed by atoms with Crippen LogP contribution in [0.1, 0.15) is 36.2 Å². The zero-order chi connectivity index (χ0) is 13.1. The lowest BCUT2D eigenvalue weighted by atomic mass is 10.1. The molecule has 0 aliphatic rings. The van der Waals surface area contributed by atoms with Crippen LogP contribution in [0.2, 0.25) is 0 Å². The standard InChI is InChI=1S/C13H20N4S/c1-9-5-15-17(7-9)11(3)10(2)14-6-13-8-18-12(4)16-13/h5,7-8,10-11,14H,6H2,1-4H3/t10-,11+/m1/s1. The molecule has 2 heterocycles. The van der Waals surface area contributed by atoms with E-state index in [1.807, 2.05) is 17.8 Å². The molecule has 0 saturated carbocycles. The molecule has 4 nitrogen and oxygen atoms in total. The van der Waals surface area contributed by atoms with E-state index < -0.39 is 0 Å². The fourth-order valence-electron chi connectivity index (χ4n) is 1.81. The molecule has 2 aromatic heterocycles. The molecule has 98 valence electrons. The summed E-state index contributed by atoms with van der Waals surface area (Å²) in [4.78, 5) is 4.45. The number of rotatable bonds is 5. The number of hydrogen-bond donors (Lipinski definition) is 1. The Morgan fingerprint density at radius 1 is 1.39 bits per heavy atom. The van der Waals surface area contributed by atoms with Crippen molar-refractivity contribution >= 4 is 11.3 Å². The van der Waals surface area contributed by atoms with Crippen LogP contribution in [0, 0.1) is 13.8 Å². The second-order valence-corrected chi connectivity index (χ2v) is 5.83. The van der Waals surface area contributed by atoms with Gasteiger partial charge in [0, 0.05) is 24.2 Å². The largest absolute Gasteiger partial charge is 0.306 e. The van der Waals surface area contributed by atoms with E-state index in [-0.39, 0.29) is 0 Å². The van der Waals surface area contributed by atoms with Crippen LogP contribution in [-0.2, 0) is 6.54 Å². The Labute approximate surface area is 112 Å². The van der Waals surface area contributed by atoms with E-state index in [1.54, 1.807) is 11.3 Å². The molecule has 0 aromatic carbocycles. The number of nitrogens with zero attached hydrogens (tertiary/aromatic N) is 3. The maximum absolute atomic E-state index is 4.45. The average molecular weight is 264 g/mol. The van der Waals surface area contributed by atoms with Crippen molar-refractivity contribution in [1.82, 2.24) is 20.1 Å². The monoisotopic (exact) mass is 264 g/mol. The van der Waals surface area contributed by atoms with Crippen molar-refractivity contribution in [2.24, 2.45) is 0 Å². The molecule has 0 spiro atoms. The van der Waals surface area contributed by atoms with E-state index in [0.717, 1.165) is 17.2 Å². The quantitative estimate of drug-likeness (QED) is 0.903. The first-order valence-electron chi connectivity index (χ1n) is 6.21. The molecular weight excluding hydrogens is 244 g/mol. The third kappa shape index (κ3) is 3.17. The molecule has 2 aromatic rings. The van der Waals surface area contributed by atoms with Crippen LogP contribution in [0.3, 0.4) is 0 Å². The summed E-state index contributed by atoms with van der Waals surface area (Å²) in [6, 6.07) is 0.685. The predicted octanol–water partition coefficient (Wildman–Crippen LogP) is 2.70. The Morgan fingerprint density at radius 3 is 2.72 bits per heavy atom. The van der Waals surface area contributed by atoms with Crippen LogP contribution in [0.15, 0.2) is 17.8 Å². The first-order chi connectivity index (χ1) is 8.56. The van der Waals surface area contributed by atoms with Gasteiger partial charge in [-0.25, -0.2) is 4.98 Å². The molecule has 0 amide bonds. The Bertz CT molecular complexity index is 503. The summed E-state index contributed by atoms with van der Waals surface area (Å²) in [5, 5.41) is 11.1. The molecule has 0 saturated heterocycles. The van der Waals surface area contributed by atoms with E-state index >= 15 is 0 Å². The van der Waals surface area contributed by atoms with Gasteiger partial charge in [-0.3, -0.25) is 4.68 Å². The van der Waals surface area contributed by atoms with E-state index in [2.05, 4.69) is 47.7 Å². The number of nitrogens with one attached hydrogen (secondary N) is 1. The third-order valence-electron chi connectivity index (χ3n) is 3.14. The summed E-state index contributed by atoms with van der Waals surface area (Å²) in [5.74, 6) is 0. The highest BCUT2D eigenvalue weighted by Gasteiger charge is 2.14. The molecule has 0 aliphatic heterocycles. The van der Waals surface area contributed by atoms with Crippen LogP contribution in [0.4, 0.5) is 0 Å². The van der Waals surface area contributed by atoms with Gasteiger partial charge in [-0.1, -0.05) is 0 Å². The van der Waals surface area contributed by atoms with E-state index in [4.69, 9.17) is 0 Å². The first-order valence-corrected chi connectivity index (χ1v) is 7.09. The Balaban J connectivity index is 1.89. The van der Waals surface area contributed by atoms with Crippen LogP contribution in [-0.4, -0.2) is 20.8 Å². The van der Waals surface area contributed by atoms with Gasteiger partial charge >= 0.3 is 0 Å². The maximum atomic E-state index is 4.45. The van der Waals surface area contributed by atoms with Gasteiger partial charge < -0.3 is 5.32 Å². The van der Waals surface area contributed by atoms with Gasteiger partial charge in [0.1, 0.15) is 0 Å². The van der Waals surface area contributed by atoms with Crippen molar-refractivity contribution in [2.75, 3.05) is 0 Å².